The number of rotatable bonds is 4. The van der Waals surface area contributed by atoms with E-state index in [1.54, 1.807) is 6.92 Å². The average molecular weight is 224 g/mol. The molecule has 0 bridgehead atoms. The van der Waals surface area contributed by atoms with E-state index in [4.69, 9.17) is 0 Å². The summed E-state index contributed by atoms with van der Waals surface area (Å²) >= 11 is 0. The maximum absolute atomic E-state index is 10.9. The van der Waals surface area contributed by atoms with Crippen molar-refractivity contribution in [3.8, 4) is 0 Å². The van der Waals surface area contributed by atoms with Gasteiger partial charge < -0.3 is 0 Å². The van der Waals surface area contributed by atoms with E-state index in [9.17, 15) is 4.79 Å². The minimum atomic E-state index is 0.0487. The standard InChI is InChI=1S/C11H16O.2C2H6/c1-5-7-8-11(6-2)9(3)10(4)12;2*1-2/h5,7-8H,3,6H2,1-2,4H3;2*1-2H3/b7-5-,11-8-;;. The summed E-state index contributed by atoms with van der Waals surface area (Å²) in [7, 11) is 0. The molecule has 16 heavy (non-hydrogen) atoms. The Morgan fingerprint density at radius 3 is 1.88 bits per heavy atom. The van der Waals surface area contributed by atoms with Crippen molar-refractivity contribution in [2.45, 2.75) is 54.9 Å². The van der Waals surface area contributed by atoms with Gasteiger partial charge in [0.15, 0.2) is 5.78 Å². The van der Waals surface area contributed by atoms with Crippen LogP contribution in [0.15, 0.2) is 36.0 Å². The van der Waals surface area contributed by atoms with Gasteiger partial charge in [0, 0.05) is 5.57 Å². The Hall–Kier alpha value is -1.11. The number of Topliss-reactive ketones (excluding diaryl/α,β-unsaturated/α-hetero) is 1. The van der Waals surface area contributed by atoms with Gasteiger partial charge in [0.25, 0.3) is 0 Å². The van der Waals surface area contributed by atoms with Crippen molar-refractivity contribution in [1.82, 2.24) is 0 Å². The van der Waals surface area contributed by atoms with Crippen LogP contribution >= 0.6 is 0 Å². The van der Waals surface area contributed by atoms with Crippen LogP contribution in [0.5, 0.6) is 0 Å². The highest BCUT2D eigenvalue weighted by molar-refractivity contribution is 5.97. The molecule has 0 rings (SSSR count). The zero-order valence-corrected chi connectivity index (χ0v) is 12.1. The van der Waals surface area contributed by atoms with Gasteiger partial charge in [-0.2, -0.15) is 0 Å². The molecule has 0 unspecified atom stereocenters. The summed E-state index contributed by atoms with van der Waals surface area (Å²) in [5, 5.41) is 0. The molecular formula is C15H28O. The first kappa shape index (κ1) is 20.3. The summed E-state index contributed by atoms with van der Waals surface area (Å²) in [5.74, 6) is 0.0487. The van der Waals surface area contributed by atoms with Crippen LogP contribution in [0.4, 0.5) is 0 Å². The Morgan fingerprint density at radius 1 is 1.19 bits per heavy atom. The molecule has 0 aliphatic heterocycles. The van der Waals surface area contributed by atoms with Gasteiger partial charge in [0.05, 0.1) is 0 Å². The van der Waals surface area contributed by atoms with Gasteiger partial charge in [0.2, 0.25) is 0 Å². The number of hydrogen-bond donors (Lipinski definition) is 0. The van der Waals surface area contributed by atoms with E-state index in [0.29, 0.717) is 5.57 Å². The van der Waals surface area contributed by atoms with Gasteiger partial charge in [-0.1, -0.05) is 59.4 Å². The molecule has 0 aromatic rings. The molecule has 1 heteroatoms. The molecule has 0 amide bonds. The SMILES string of the molecule is C=C(C(C)=O)/C(=C\C=C/C)CC.CC.CC. The third-order valence-electron chi connectivity index (χ3n) is 1.68. The van der Waals surface area contributed by atoms with E-state index in [-0.39, 0.29) is 5.78 Å². The van der Waals surface area contributed by atoms with Crippen molar-refractivity contribution >= 4 is 5.78 Å². The lowest BCUT2D eigenvalue weighted by molar-refractivity contribution is -0.113. The Kier molecular flexibility index (Phi) is 20.7. The Morgan fingerprint density at radius 2 is 1.62 bits per heavy atom. The van der Waals surface area contributed by atoms with Crippen LogP contribution in [0, 0.1) is 0 Å². The lowest BCUT2D eigenvalue weighted by Gasteiger charge is -2.02. The minimum absolute atomic E-state index is 0.0487. The molecule has 0 aromatic carbocycles. The summed E-state index contributed by atoms with van der Waals surface area (Å²) in [5.41, 5.74) is 1.64. The largest absolute Gasteiger partial charge is 0.295 e. The maximum Gasteiger partial charge on any atom is 0.159 e. The van der Waals surface area contributed by atoms with E-state index in [0.717, 1.165) is 12.0 Å². The number of ketones is 1. The van der Waals surface area contributed by atoms with Crippen molar-refractivity contribution in [3.05, 3.63) is 36.0 Å². The van der Waals surface area contributed by atoms with Crippen LogP contribution in [-0.4, -0.2) is 5.78 Å². The van der Waals surface area contributed by atoms with Crippen molar-refractivity contribution in [2.75, 3.05) is 0 Å². The second kappa shape index (κ2) is 16.3. The van der Waals surface area contributed by atoms with Crippen molar-refractivity contribution < 1.29 is 4.79 Å². The summed E-state index contributed by atoms with van der Waals surface area (Å²) in [4.78, 5) is 10.9. The number of hydrogen-bond acceptors (Lipinski definition) is 1. The van der Waals surface area contributed by atoms with Crippen LogP contribution in [0.25, 0.3) is 0 Å². The second-order valence-electron chi connectivity index (χ2n) is 2.61. The van der Waals surface area contributed by atoms with Crippen molar-refractivity contribution in [3.63, 3.8) is 0 Å². The van der Waals surface area contributed by atoms with Crippen molar-refractivity contribution in [1.29, 1.82) is 0 Å². The molecule has 0 fully saturated rings. The van der Waals surface area contributed by atoms with Crippen LogP contribution in [0.2, 0.25) is 0 Å². The van der Waals surface area contributed by atoms with Gasteiger partial charge in [-0.05, 0) is 25.8 Å². The number of allylic oxidation sites excluding steroid dienone is 5. The van der Waals surface area contributed by atoms with Crippen molar-refractivity contribution in [2.24, 2.45) is 0 Å². The highest BCUT2D eigenvalue weighted by Crippen LogP contribution is 2.12. The number of carbonyl (C=O) groups excluding carboxylic acids is 1. The summed E-state index contributed by atoms with van der Waals surface area (Å²) in [6, 6.07) is 0. The predicted octanol–water partition coefficient (Wildman–Crippen LogP) is 5.10. The fraction of sp³-hybridized carbons (Fsp3) is 0.533. The Labute approximate surface area is 102 Å². The van der Waals surface area contributed by atoms with Gasteiger partial charge in [0.1, 0.15) is 0 Å². The first-order valence-electron chi connectivity index (χ1n) is 6.15. The minimum Gasteiger partial charge on any atom is -0.295 e. The number of carbonyl (C=O) groups is 1. The first-order valence-corrected chi connectivity index (χ1v) is 6.15. The Balaban J connectivity index is -0.000000376. The predicted molar refractivity (Wildman–Crippen MR) is 75.7 cm³/mol. The topological polar surface area (TPSA) is 17.1 Å². The van der Waals surface area contributed by atoms with Gasteiger partial charge in [-0.3, -0.25) is 4.79 Å². The second-order valence-corrected chi connectivity index (χ2v) is 2.61. The average Bonchev–Trinajstić information content (AvgIpc) is 2.34. The summed E-state index contributed by atoms with van der Waals surface area (Å²) in [6.07, 6.45) is 6.64. The first-order chi connectivity index (χ1) is 7.63. The van der Waals surface area contributed by atoms with E-state index < -0.39 is 0 Å². The molecule has 0 radical (unpaired) electrons. The van der Waals surface area contributed by atoms with Gasteiger partial charge in [-0.25, -0.2) is 0 Å². The highest BCUT2D eigenvalue weighted by Gasteiger charge is 2.03. The summed E-state index contributed by atoms with van der Waals surface area (Å²) < 4.78 is 0. The molecule has 0 atom stereocenters. The van der Waals surface area contributed by atoms with E-state index in [1.165, 1.54) is 0 Å². The lowest BCUT2D eigenvalue weighted by Crippen LogP contribution is -1.97. The normalized spacial score (nSPS) is 9.81. The molecule has 94 valence electrons. The smallest absolute Gasteiger partial charge is 0.159 e. The molecule has 0 aromatic heterocycles. The molecular weight excluding hydrogens is 196 g/mol. The molecule has 0 saturated carbocycles. The van der Waals surface area contributed by atoms with Crippen LogP contribution < -0.4 is 0 Å². The summed E-state index contributed by atoms with van der Waals surface area (Å²) in [6.45, 7) is 17.2. The maximum atomic E-state index is 10.9. The lowest BCUT2D eigenvalue weighted by atomic mass is 10.0. The van der Waals surface area contributed by atoms with E-state index in [2.05, 4.69) is 6.58 Å². The molecule has 0 N–H and O–H groups in total. The Bertz CT molecular complexity index is 232. The zero-order valence-electron chi connectivity index (χ0n) is 12.1. The highest BCUT2D eigenvalue weighted by atomic mass is 16.1. The fourth-order valence-corrected chi connectivity index (χ4v) is 0.870. The third-order valence-corrected chi connectivity index (χ3v) is 1.68. The van der Waals surface area contributed by atoms with Crippen LogP contribution in [-0.2, 0) is 4.79 Å². The van der Waals surface area contributed by atoms with E-state index >= 15 is 0 Å². The molecule has 0 aliphatic rings. The fourth-order valence-electron chi connectivity index (χ4n) is 0.870. The van der Waals surface area contributed by atoms with Crippen LogP contribution in [0.1, 0.15) is 54.9 Å². The third kappa shape index (κ3) is 11.0. The van der Waals surface area contributed by atoms with Gasteiger partial charge in [-0.15, -0.1) is 0 Å². The molecule has 0 heterocycles. The quantitative estimate of drug-likeness (QED) is 0.480. The molecule has 1 nitrogen and oxygen atoms in total. The molecule has 0 aliphatic carbocycles. The van der Waals surface area contributed by atoms with E-state index in [1.807, 2.05) is 59.8 Å². The van der Waals surface area contributed by atoms with Crippen LogP contribution in [0.3, 0.4) is 0 Å². The monoisotopic (exact) mass is 224 g/mol. The molecule has 0 spiro atoms. The van der Waals surface area contributed by atoms with Gasteiger partial charge >= 0.3 is 0 Å². The molecule has 0 saturated heterocycles. The zero-order chi connectivity index (χ0) is 13.6.